The molecule has 1 N–H and O–H groups in total. The smallest absolute Gasteiger partial charge is 0.349 e. The summed E-state index contributed by atoms with van der Waals surface area (Å²) < 4.78 is 60.5. The fourth-order valence-corrected chi connectivity index (χ4v) is 5.21. The molecule has 0 fully saturated rings. The Morgan fingerprint density at radius 2 is 1.76 bits per heavy atom. The molecule has 3 aromatic rings. The first-order valence-electron chi connectivity index (χ1n) is 6.92. The first kappa shape index (κ1) is 17.3. The molecule has 0 spiro atoms. The lowest BCUT2D eigenvalue weighted by atomic mass is 10.2. The Hall–Kier alpha value is -2.52. The van der Waals surface area contributed by atoms with E-state index in [0.29, 0.717) is 0 Å². The molecule has 0 aliphatic heterocycles. The Labute approximate surface area is 145 Å². The summed E-state index contributed by atoms with van der Waals surface area (Å²) in [5.74, 6) is -2.53. The van der Waals surface area contributed by atoms with Gasteiger partial charge in [-0.05, 0) is 24.3 Å². The van der Waals surface area contributed by atoms with Gasteiger partial charge in [0, 0.05) is 10.1 Å². The van der Waals surface area contributed by atoms with Crippen molar-refractivity contribution in [1.82, 2.24) is 0 Å². The molecule has 0 saturated carbocycles. The first-order chi connectivity index (χ1) is 11.8. The minimum Gasteiger partial charge on any atom is -0.465 e. The second-order valence-electron chi connectivity index (χ2n) is 4.95. The van der Waals surface area contributed by atoms with Crippen molar-refractivity contribution in [2.24, 2.45) is 0 Å². The number of nitrogens with one attached hydrogen (secondary N) is 1. The molecule has 0 amide bonds. The molecule has 0 atom stereocenters. The number of carbonyl (C=O) groups is 1. The number of benzene rings is 2. The zero-order chi connectivity index (χ0) is 18.2. The number of para-hydroxylation sites is 1. The van der Waals surface area contributed by atoms with Crippen LogP contribution >= 0.6 is 11.3 Å². The molecule has 9 heteroatoms. The standard InChI is InChI=1S/C16H11F2NO4S2/c1-23-16(20)14-15(13-10(18)6-4-8-12(13)24-14)25(21,22)19-11-7-3-2-5-9(11)17/h2-8,19H,1H3. The minimum absolute atomic E-state index is 0.239. The monoisotopic (exact) mass is 383 g/mol. The van der Waals surface area contributed by atoms with Gasteiger partial charge in [0.1, 0.15) is 21.4 Å². The molecule has 0 aliphatic rings. The molecule has 0 bridgehead atoms. The lowest BCUT2D eigenvalue weighted by Gasteiger charge is -2.10. The van der Waals surface area contributed by atoms with Gasteiger partial charge in [-0.2, -0.15) is 0 Å². The SMILES string of the molecule is COC(=O)c1sc2cccc(F)c2c1S(=O)(=O)Nc1ccccc1F. The van der Waals surface area contributed by atoms with Gasteiger partial charge in [-0.3, -0.25) is 4.72 Å². The molecule has 1 aromatic heterocycles. The highest BCUT2D eigenvalue weighted by Gasteiger charge is 2.31. The van der Waals surface area contributed by atoms with Crippen LogP contribution in [0.3, 0.4) is 0 Å². The van der Waals surface area contributed by atoms with Crippen molar-refractivity contribution in [3.63, 3.8) is 0 Å². The summed E-state index contributed by atoms with van der Waals surface area (Å²) in [6.45, 7) is 0. The fraction of sp³-hybridized carbons (Fsp3) is 0.0625. The van der Waals surface area contributed by atoms with Gasteiger partial charge in [0.2, 0.25) is 0 Å². The Morgan fingerprint density at radius 3 is 2.44 bits per heavy atom. The van der Waals surface area contributed by atoms with Crippen LogP contribution in [0.15, 0.2) is 47.4 Å². The highest BCUT2D eigenvalue weighted by molar-refractivity contribution is 7.93. The largest absolute Gasteiger partial charge is 0.465 e. The predicted molar refractivity (Wildman–Crippen MR) is 90.3 cm³/mol. The number of hydrogen-bond acceptors (Lipinski definition) is 5. The Bertz CT molecular complexity index is 1080. The van der Waals surface area contributed by atoms with Crippen molar-refractivity contribution in [1.29, 1.82) is 0 Å². The van der Waals surface area contributed by atoms with E-state index in [0.717, 1.165) is 30.6 Å². The number of fused-ring (bicyclic) bond motifs is 1. The molecule has 1 heterocycles. The third-order valence-electron chi connectivity index (χ3n) is 3.38. The number of hydrogen-bond donors (Lipinski definition) is 1. The van der Waals surface area contributed by atoms with Crippen molar-refractivity contribution in [3.05, 3.63) is 59.0 Å². The van der Waals surface area contributed by atoms with Gasteiger partial charge >= 0.3 is 5.97 Å². The van der Waals surface area contributed by atoms with Gasteiger partial charge in [0.25, 0.3) is 10.0 Å². The molecule has 0 aliphatic carbocycles. The van der Waals surface area contributed by atoms with E-state index in [1.54, 1.807) is 0 Å². The van der Waals surface area contributed by atoms with Crippen molar-refractivity contribution >= 4 is 43.1 Å². The number of methoxy groups -OCH3 is 1. The molecule has 130 valence electrons. The molecular formula is C16H11F2NO4S2. The van der Waals surface area contributed by atoms with E-state index in [1.165, 1.54) is 30.3 Å². The summed E-state index contributed by atoms with van der Waals surface area (Å²) in [6, 6.07) is 9.09. The summed E-state index contributed by atoms with van der Waals surface area (Å²) in [5, 5.41) is -0.239. The average molecular weight is 383 g/mol. The zero-order valence-electron chi connectivity index (χ0n) is 12.7. The quantitative estimate of drug-likeness (QED) is 0.696. The molecule has 0 unspecified atom stereocenters. The number of halogens is 2. The van der Waals surface area contributed by atoms with Gasteiger partial charge in [-0.1, -0.05) is 18.2 Å². The Morgan fingerprint density at radius 1 is 1.08 bits per heavy atom. The lowest BCUT2D eigenvalue weighted by Crippen LogP contribution is -2.17. The van der Waals surface area contributed by atoms with Crippen LogP contribution in [0.25, 0.3) is 10.1 Å². The van der Waals surface area contributed by atoms with Crippen molar-refractivity contribution in [2.45, 2.75) is 4.90 Å². The third kappa shape index (κ3) is 3.08. The van der Waals surface area contributed by atoms with Crippen LogP contribution in [0.5, 0.6) is 0 Å². The van der Waals surface area contributed by atoms with Gasteiger partial charge in [0.15, 0.2) is 0 Å². The number of ether oxygens (including phenoxy) is 1. The van der Waals surface area contributed by atoms with E-state index >= 15 is 0 Å². The lowest BCUT2D eigenvalue weighted by molar-refractivity contribution is 0.0602. The average Bonchev–Trinajstić information content (AvgIpc) is 2.98. The molecule has 0 radical (unpaired) electrons. The number of sulfonamides is 1. The van der Waals surface area contributed by atoms with E-state index in [1.807, 2.05) is 0 Å². The van der Waals surface area contributed by atoms with Crippen LogP contribution < -0.4 is 4.72 Å². The normalized spacial score (nSPS) is 11.5. The van der Waals surface area contributed by atoms with Gasteiger partial charge in [-0.15, -0.1) is 11.3 Å². The molecule has 25 heavy (non-hydrogen) atoms. The summed E-state index contributed by atoms with van der Waals surface area (Å²) >= 11 is 0.785. The fourth-order valence-electron chi connectivity index (χ4n) is 2.30. The topological polar surface area (TPSA) is 72.5 Å². The molecule has 3 rings (SSSR count). The summed E-state index contributed by atoms with van der Waals surface area (Å²) in [5.41, 5.74) is -0.311. The maximum atomic E-state index is 14.3. The number of rotatable bonds is 4. The number of anilines is 1. The number of esters is 1. The summed E-state index contributed by atoms with van der Waals surface area (Å²) in [4.78, 5) is 11.1. The molecule has 2 aromatic carbocycles. The zero-order valence-corrected chi connectivity index (χ0v) is 14.4. The van der Waals surface area contributed by atoms with Crippen molar-refractivity contribution in [2.75, 3.05) is 11.8 Å². The van der Waals surface area contributed by atoms with E-state index in [-0.39, 0.29) is 20.7 Å². The van der Waals surface area contributed by atoms with Gasteiger partial charge in [-0.25, -0.2) is 22.0 Å². The van der Waals surface area contributed by atoms with Crippen LogP contribution in [0.4, 0.5) is 14.5 Å². The number of thiophene rings is 1. The second kappa shape index (κ2) is 6.41. The van der Waals surface area contributed by atoms with Crippen LogP contribution in [-0.4, -0.2) is 21.5 Å². The van der Waals surface area contributed by atoms with Crippen LogP contribution in [0, 0.1) is 11.6 Å². The van der Waals surface area contributed by atoms with Crippen molar-refractivity contribution in [3.8, 4) is 0 Å². The van der Waals surface area contributed by atoms with E-state index in [2.05, 4.69) is 9.46 Å². The van der Waals surface area contributed by atoms with E-state index in [4.69, 9.17) is 0 Å². The van der Waals surface area contributed by atoms with Gasteiger partial charge in [0.05, 0.1) is 12.8 Å². The van der Waals surface area contributed by atoms with E-state index < -0.39 is 32.5 Å². The second-order valence-corrected chi connectivity index (χ2v) is 7.62. The van der Waals surface area contributed by atoms with E-state index in [9.17, 15) is 22.0 Å². The van der Waals surface area contributed by atoms with Crippen LogP contribution in [0.2, 0.25) is 0 Å². The van der Waals surface area contributed by atoms with Crippen LogP contribution in [0.1, 0.15) is 9.67 Å². The third-order valence-corrected chi connectivity index (χ3v) is 6.08. The minimum atomic E-state index is -4.45. The first-order valence-corrected chi connectivity index (χ1v) is 9.22. The number of carbonyl (C=O) groups excluding carboxylic acids is 1. The van der Waals surface area contributed by atoms with Crippen molar-refractivity contribution < 1.29 is 26.7 Å². The highest BCUT2D eigenvalue weighted by Crippen LogP contribution is 2.37. The Kier molecular flexibility index (Phi) is 4.44. The van der Waals surface area contributed by atoms with Gasteiger partial charge < -0.3 is 4.74 Å². The maximum Gasteiger partial charge on any atom is 0.349 e. The summed E-state index contributed by atoms with van der Waals surface area (Å²) in [6.07, 6.45) is 0. The summed E-state index contributed by atoms with van der Waals surface area (Å²) in [7, 11) is -3.36. The Balaban J connectivity index is 2.26. The molecular weight excluding hydrogens is 372 g/mol. The molecule has 0 saturated heterocycles. The van der Waals surface area contributed by atoms with Crippen LogP contribution in [-0.2, 0) is 14.8 Å². The maximum absolute atomic E-state index is 14.3. The highest BCUT2D eigenvalue weighted by atomic mass is 32.2. The molecule has 5 nitrogen and oxygen atoms in total. The predicted octanol–water partition coefficient (Wildman–Crippen LogP) is 3.77.